The highest BCUT2D eigenvalue weighted by atomic mass is 32.2. The van der Waals surface area contributed by atoms with Gasteiger partial charge in [0, 0.05) is 38.5 Å². The van der Waals surface area contributed by atoms with E-state index < -0.39 is 10.0 Å². The molecular formula is C35H55N3O6S. The van der Waals surface area contributed by atoms with Gasteiger partial charge in [-0.1, -0.05) is 88.3 Å². The third-order valence-corrected chi connectivity index (χ3v) is 9.50. The first-order chi connectivity index (χ1) is 21.9. The van der Waals surface area contributed by atoms with Crippen molar-refractivity contribution < 1.29 is 27.4 Å². The Morgan fingerprint density at radius 2 is 1.47 bits per heavy atom. The fourth-order valence-corrected chi connectivity index (χ4v) is 6.68. The highest BCUT2D eigenvalue weighted by Gasteiger charge is 2.25. The maximum Gasteiger partial charge on any atom is 0.240 e. The number of carbonyl (C=O) groups is 1. The predicted molar refractivity (Wildman–Crippen MR) is 179 cm³/mol. The molecule has 2 aromatic rings. The molecule has 1 heterocycles. The van der Waals surface area contributed by atoms with Crippen molar-refractivity contribution in [1.82, 2.24) is 14.9 Å². The molecule has 0 unspecified atom stereocenters. The molecule has 9 nitrogen and oxygen atoms in total. The summed E-state index contributed by atoms with van der Waals surface area (Å²) in [4.78, 5) is 14.4. The van der Waals surface area contributed by atoms with Gasteiger partial charge in [-0.15, -0.1) is 0 Å². The Labute approximate surface area is 271 Å². The molecule has 0 fully saturated rings. The van der Waals surface area contributed by atoms with Crippen LogP contribution < -0.4 is 10.0 Å². The lowest BCUT2D eigenvalue weighted by molar-refractivity contribution is -0.121. The molecule has 2 aromatic carbocycles. The molecule has 45 heavy (non-hydrogen) atoms. The topological polar surface area (TPSA) is 106 Å². The van der Waals surface area contributed by atoms with E-state index in [9.17, 15) is 13.2 Å². The van der Waals surface area contributed by atoms with Crippen LogP contribution in [0, 0.1) is 0 Å². The van der Waals surface area contributed by atoms with Gasteiger partial charge in [0.05, 0.1) is 44.5 Å². The summed E-state index contributed by atoms with van der Waals surface area (Å²) in [5.41, 5.74) is 3.53. The molecular weight excluding hydrogens is 590 g/mol. The van der Waals surface area contributed by atoms with Gasteiger partial charge in [-0.2, -0.15) is 0 Å². The molecule has 1 aliphatic heterocycles. The fraction of sp³-hybridized carbons (Fsp3) is 0.629. The van der Waals surface area contributed by atoms with Gasteiger partial charge in [0.15, 0.2) is 0 Å². The summed E-state index contributed by atoms with van der Waals surface area (Å²) in [7, 11) is -1.57. The monoisotopic (exact) mass is 645 g/mol. The quantitative estimate of drug-likeness (QED) is 0.151. The Hall–Kier alpha value is -2.34. The molecule has 1 aliphatic rings. The van der Waals surface area contributed by atoms with E-state index in [-0.39, 0.29) is 29.9 Å². The van der Waals surface area contributed by atoms with Crippen LogP contribution in [-0.4, -0.2) is 85.5 Å². The van der Waals surface area contributed by atoms with E-state index in [0.717, 1.165) is 31.5 Å². The second kappa shape index (κ2) is 21.5. The van der Waals surface area contributed by atoms with E-state index in [4.69, 9.17) is 14.2 Å². The van der Waals surface area contributed by atoms with Crippen LogP contribution in [0.4, 0.5) is 0 Å². The van der Waals surface area contributed by atoms with Gasteiger partial charge in [-0.3, -0.25) is 4.79 Å². The van der Waals surface area contributed by atoms with Crippen molar-refractivity contribution in [3.05, 3.63) is 65.2 Å². The number of nitrogens with zero attached hydrogens (tertiary/aromatic N) is 1. The van der Waals surface area contributed by atoms with Crippen LogP contribution in [-0.2, 0) is 35.6 Å². The van der Waals surface area contributed by atoms with Gasteiger partial charge in [0.25, 0.3) is 0 Å². The molecule has 0 saturated carbocycles. The normalized spacial score (nSPS) is 15.2. The minimum absolute atomic E-state index is 0.0902. The van der Waals surface area contributed by atoms with Crippen LogP contribution in [0.15, 0.2) is 53.4 Å². The highest BCUT2D eigenvalue weighted by Crippen LogP contribution is 2.33. The van der Waals surface area contributed by atoms with Crippen molar-refractivity contribution in [3.8, 4) is 0 Å². The summed E-state index contributed by atoms with van der Waals surface area (Å²) in [6.45, 7) is 6.97. The third-order valence-electron chi connectivity index (χ3n) is 8.04. The summed E-state index contributed by atoms with van der Waals surface area (Å²) in [5.74, 6) is 0.214. The number of likely N-dealkylation sites (N-methyl/N-ethyl adjacent to an activating group) is 1. The summed E-state index contributed by atoms with van der Waals surface area (Å²) in [6.07, 6.45) is 10.4. The number of ether oxygens (including phenoxy) is 3. The Morgan fingerprint density at radius 3 is 2.20 bits per heavy atom. The molecule has 0 radical (unpaired) electrons. The Kier molecular flexibility index (Phi) is 17.7. The third kappa shape index (κ3) is 14.3. The summed E-state index contributed by atoms with van der Waals surface area (Å²) < 4.78 is 45.1. The lowest BCUT2D eigenvalue weighted by Gasteiger charge is -2.32. The van der Waals surface area contributed by atoms with Crippen molar-refractivity contribution >= 4 is 15.9 Å². The highest BCUT2D eigenvalue weighted by molar-refractivity contribution is 7.89. The van der Waals surface area contributed by atoms with Crippen LogP contribution in [0.3, 0.4) is 0 Å². The van der Waals surface area contributed by atoms with Crippen molar-refractivity contribution in [2.75, 3.05) is 66.3 Å². The Morgan fingerprint density at radius 1 is 0.822 bits per heavy atom. The van der Waals surface area contributed by atoms with Crippen LogP contribution in [0.25, 0.3) is 0 Å². The standard InChI is InChI=1S/C35H55N3O6S/c1-3-4-5-6-7-8-9-10-18-35(39)36-19-21-42-23-25-44-26-24-43-22-20-37-45(40,41)32-16-13-15-30(27-32)34-29-38(2)28-31-14-11-12-17-33(31)34/h11-17,27,34,37H,3-10,18-26,28-29H2,1-2H3,(H,36,39)/t34-/m0/s1. The molecule has 10 heteroatoms. The number of sulfonamides is 1. The fourth-order valence-electron chi connectivity index (χ4n) is 5.61. The van der Waals surface area contributed by atoms with E-state index >= 15 is 0 Å². The number of benzene rings is 2. The maximum absolute atomic E-state index is 13.0. The summed E-state index contributed by atoms with van der Waals surface area (Å²) in [5, 5.41) is 2.90. The van der Waals surface area contributed by atoms with Gasteiger partial charge in [-0.05, 0) is 42.3 Å². The van der Waals surface area contributed by atoms with E-state index in [1.165, 1.54) is 49.7 Å². The van der Waals surface area contributed by atoms with Gasteiger partial charge in [-0.25, -0.2) is 13.1 Å². The smallest absolute Gasteiger partial charge is 0.240 e. The number of rotatable bonds is 24. The average molecular weight is 646 g/mol. The largest absolute Gasteiger partial charge is 0.378 e. The van der Waals surface area contributed by atoms with Crippen LogP contribution in [0.2, 0.25) is 0 Å². The number of nitrogens with one attached hydrogen (secondary N) is 2. The minimum Gasteiger partial charge on any atom is -0.378 e. The first kappa shape index (κ1) is 37.1. The van der Waals surface area contributed by atoms with Gasteiger partial charge in [0.2, 0.25) is 15.9 Å². The first-order valence-electron chi connectivity index (χ1n) is 16.8. The molecule has 1 atom stereocenters. The van der Waals surface area contributed by atoms with Crippen LogP contribution >= 0.6 is 0 Å². The minimum atomic E-state index is -3.66. The lowest BCUT2D eigenvalue weighted by atomic mass is 9.85. The van der Waals surface area contributed by atoms with E-state index in [1.54, 1.807) is 12.1 Å². The van der Waals surface area contributed by atoms with Crippen molar-refractivity contribution in [3.63, 3.8) is 0 Å². The number of hydrogen-bond donors (Lipinski definition) is 2. The first-order valence-corrected chi connectivity index (χ1v) is 18.2. The number of carbonyl (C=O) groups excluding carboxylic acids is 1. The zero-order valence-electron chi connectivity index (χ0n) is 27.4. The van der Waals surface area contributed by atoms with Gasteiger partial charge in [0.1, 0.15) is 0 Å². The van der Waals surface area contributed by atoms with Crippen molar-refractivity contribution in [2.45, 2.75) is 82.1 Å². The molecule has 0 spiro atoms. The number of unbranched alkanes of at least 4 members (excludes halogenated alkanes) is 7. The molecule has 0 bridgehead atoms. The molecule has 0 aromatic heterocycles. The lowest BCUT2D eigenvalue weighted by Crippen LogP contribution is -2.31. The van der Waals surface area contributed by atoms with Crippen molar-refractivity contribution in [2.24, 2.45) is 0 Å². The van der Waals surface area contributed by atoms with Gasteiger partial charge >= 0.3 is 0 Å². The summed E-state index contributed by atoms with van der Waals surface area (Å²) in [6, 6.07) is 15.6. The van der Waals surface area contributed by atoms with Crippen molar-refractivity contribution in [1.29, 1.82) is 0 Å². The van der Waals surface area contributed by atoms with E-state index in [0.29, 0.717) is 46.0 Å². The molecule has 0 aliphatic carbocycles. The zero-order chi connectivity index (χ0) is 32.2. The zero-order valence-corrected chi connectivity index (χ0v) is 28.3. The summed E-state index contributed by atoms with van der Waals surface area (Å²) >= 11 is 0. The van der Waals surface area contributed by atoms with Gasteiger partial charge < -0.3 is 24.4 Å². The molecule has 2 N–H and O–H groups in total. The van der Waals surface area contributed by atoms with Crippen LogP contribution in [0.1, 0.15) is 87.3 Å². The second-order valence-electron chi connectivity index (χ2n) is 11.8. The van der Waals surface area contributed by atoms with E-state index in [2.05, 4.69) is 41.0 Å². The number of fused-ring (bicyclic) bond motifs is 1. The average Bonchev–Trinajstić information content (AvgIpc) is 3.04. The molecule has 252 valence electrons. The maximum atomic E-state index is 13.0. The predicted octanol–water partition coefficient (Wildman–Crippen LogP) is 5.24. The second-order valence-corrected chi connectivity index (χ2v) is 13.6. The van der Waals surface area contributed by atoms with Crippen LogP contribution in [0.5, 0.6) is 0 Å². The SMILES string of the molecule is CCCCCCCCCCC(=O)NCCOCCOCCOCCNS(=O)(=O)c1cccc([C@@H]2CN(C)Cc3ccccc32)c1. The molecule has 3 rings (SSSR count). The Bertz CT molecular complexity index is 1230. The molecule has 0 saturated heterocycles. The van der Waals surface area contributed by atoms with E-state index in [1.807, 2.05) is 24.3 Å². The number of amides is 1. The number of hydrogen-bond acceptors (Lipinski definition) is 7. The molecule has 1 amide bonds. The Balaban J connectivity index is 1.18.